The van der Waals surface area contributed by atoms with E-state index >= 15 is 0 Å². The third-order valence-corrected chi connectivity index (χ3v) is 9.34. The molecule has 0 aliphatic heterocycles. The minimum atomic E-state index is -4.13. The van der Waals surface area contributed by atoms with Crippen molar-refractivity contribution in [2.45, 2.75) is 30.8 Å². The maximum absolute atomic E-state index is 14.4. The molecule has 0 radical (unpaired) electrons. The lowest BCUT2D eigenvalue weighted by Crippen LogP contribution is -2.53. The highest BCUT2D eigenvalue weighted by Gasteiger charge is 2.34. The second-order valence-corrected chi connectivity index (χ2v) is 12.9. The lowest BCUT2D eigenvalue weighted by Gasteiger charge is -2.34. The van der Waals surface area contributed by atoms with E-state index in [0.29, 0.717) is 18.0 Å². The molecule has 1 unspecified atom stereocenters. The van der Waals surface area contributed by atoms with Crippen LogP contribution in [-0.2, 0) is 32.6 Å². The zero-order chi connectivity index (χ0) is 30.8. The number of benzene rings is 4. The Bertz CT molecular complexity index is 1620. The van der Waals surface area contributed by atoms with Crippen molar-refractivity contribution in [2.24, 2.45) is 0 Å². The van der Waals surface area contributed by atoms with Crippen molar-refractivity contribution in [3.8, 4) is 5.75 Å². The first-order valence-corrected chi connectivity index (χ1v) is 16.3. The fraction of sp³-hybridized carbons (Fsp3) is 0.212. The van der Waals surface area contributed by atoms with Gasteiger partial charge in [-0.2, -0.15) is 0 Å². The molecule has 0 aromatic heterocycles. The summed E-state index contributed by atoms with van der Waals surface area (Å²) in [5, 5.41) is 2.87. The molecule has 4 aromatic carbocycles. The van der Waals surface area contributed by atoms with E-state index in [1.54, 1.807) is 61.7 Å². The van der Waals surface area contributed by atoms with Gasteiger partial charge in [-0.05, 0) is 89.2 Å². The molecule has 4 aromatic rings. The van der Waals surface area contributed by atoms with E-state index in [1.807, 2.05) is 49.4 Å². The summed E-state index contributed by atoms with van der Waals surface area (Å²) in [7, 11) is -2.57. The Morgan fingerprint density at radius 2 is 1.49 bits per heavy atom. The number of sulfonamides is 1. The summed E-state index contributed by atoms with van der Waals surface area (Å²) >= 11 is 2.14. The number of nitrogens with zero attached hydrogens (tertiary/aromatic N) is 2. The van der Waals surface area contributed by atoms with Crippen LogP contribution in [0.3, 0.4) is 0 Å². The normalized spacial score (nSPS) is 11.8. The molecule has 0 aliphatic carbocycles. The maximum Gasteiger partial charge on any atom is 0.264 e. The van der Waals surface area contributed by atoms with E-state index in [-0.39, 0.29) is 23.8 Å². The number of anilines is 1. The summed E-state index contributed by atoms with van der Waals surface area (Å²) in [5.74, 6) is -0.239. The molecule has 10 heteroatoms. The first kappa shape index (κ1) is 32.0. The Hall–Kier alpha value is -3.90. The fourth-order valence-corrected chi connectivity index (χ4v) is 6.46. The van der Waals surface area contributed by atoms with Crippen molar-refractivity contribution < 1.29 is 22.7 Å². The monoisotopic (exact) mass is 711 g/mol. The Kier molecular flexibility index (Phi) is 11.2. The van der Waals surface area contributed by atoms with Gasteiger partial charge in [-0.3, -0.25) is 13.9 Å². The first-order chi connectivity index (χ1) is 20.7. The number of likely N-dealkylation sites (N-methyl/N-ethyl adjacent to an activating group) is 1. The van der Waals surface area contributed by atoms with Crippen molar-refractivity contribution in [1.82, 2.24) is 10.2 Å². The van der Waals surface area contributed by atoms with Crippen LogP contribution in [-0.4, -0.2) is 51.4 Å². The van der Waals surface area contributed by atoms with E-state index in [2.05, 4.69) is 27.9 Å². The van der Waals surface area contributed by atoms with Crippen LogP contribution in [0.4, 0.5) is 5.69 Å². The van der Waals surface area contributed by atoms with Gasteiger partial charge in [0.15, 0.2) is 0 Å². The third kappa shape index (κ3) is 8.35. The molecular weight excluding hydrogens is 677 g/mol. The van der Waals surface area contributed by atoms with Gasteiger partial charge in [-0.25, -0.2) is 8.42 Å². The van der Waals surface area contributed by atoms with Gasteiger partial charge in [0, 0.05) is 23.1 Å². The number of carbonyl (C=O) groups excluding carboxylic acids is 2. The van der Waals surface area contributed by atoms with Crippen molar-refractivity contribution in [2.75, 3.05) is 24.5 Å². The highest BCUT2D eigenvalue weighted by molar-refractivity contribution is 14.1. The van der Waals surface area contributed by atoms with Crippen molar-refractivity contribution in [3.63, 3.8) is 0 Å². The van der Waals surface area contributed by atoms with Gasteiger partial charge in [-0.1, -0.05) is 60.7 Å². The SMILES string of the molecule is CCNC(=O)C(Cc1ccccc1)N(Cc1cccc(OC)c1)C(=O)CN(c1ccc(I)cc1)S(=O)(=O)c1ccccc1. The van der Waals surface area contributed by atoms with Gasteiger partial charge < -0.3 is 15.0 Å². The predicted molar refractivity (Wildman–Crippen MR) is 176 cm³/mol. The number of ether oxygens (including phenoxy) is 1. The number of halogens is 1. The molecule has 43 heavy (non-hydrogen) atoms. The van der Waals surface area contributed by atoms with Crippen LogP contribution in [0, 0.1) is 3.57 Å². The molecule has 2 amide bonds. The van der Waals surface area contributed by atoms with Crippen LogP contribution in [0.25, 0.3) is 0 Å². The Morgan fingerprint density at radius 3 is 2.12 bits per heavy atom. The molecule has 0 fully saturated rings. The zero-order valence-corrected chi connectivity index (χ0v) is 27.0. The molecule has 0 saturated heterocycles. The Balaban J connectivity index is 1.79. The fourth-order valence-electron chi connectivity index (χ4n) is 4.67. The molecule has 0 saturated carbocycles. The topological polar surface area (TPSA) is 96.0 Å². The average molecular weight is 712 g/mol. The van der Waals surface area contributed by atoms with Gasteiger partial charge in [0.2, 0.25) is 11.8 Å². The smallest absolute Gasteiger partial charge is 0.264 e. The molecule has 0 spiro atoms. The summed E-state index contributed by atoms with van der Waals surface area (Å²) in [6, 6.07) is 30.7. The molecule has 224 valence electrons. The molecule has 0 heterocycles. The van der Waals surface area contributed by atoms with Gasteiger partial charge >= 0.3 is 0 Å². The van der Waals surface area contributed by atoms with Crippen LogP contribution in [0.15, 0.2) is 114 Å². The molecule has 0 aliphatic rings. The number of hydrogen-bond donors (Lipinski definition) is 1. The lowest BCUT2D eigenvalue weighted by atomic mass is 10.0. The minimum Gasteiger partial charge on any atom is -0.497 e. The second-order valence-electron chi connectivity index (χ2n) is 9.77. The van der Waals surface area contributed by atoms with E-state index in [4.69, 9.17) is 4.74 Å². The standard InChI is InChI=1S/C33H34IN3O5S/c1-3-35-33(39)31(22-25-11-6-4-7-12-25)36(23-26-13-10-14-29(21-26)42-2)32(38)24-37(28-19-17-27(34)18-20-28)43(40,41)30-15-8-5-9-16-30/h4-21,31H,3,22-24H2,1-2H3,(H,35,39). The maximum atomic E-state index is 14.4. The number of hydrogen-bond acceptors (Lipinski definition) is 5. The van der Waals surface area contributed by atoms with Gasteiger partial charge in [-0.15, -0.1) is 0 Å². The molecule has 1 atom stereocenters. The van der Waals surface area contributed by atoms with Crippen LogP contribution >= 0.6 is 22.6 Å². The molecule has 1 N–H and O–H groups in total. The van der Waals surface area contributed by atoms with Crippen LogP contribution in [0.1, 0.15) is 18.1 Å². The van der Waals surface area contributed by atoms with E-state index in [9.17, 15) is 18.0 Å². The number of carbonyl (C=O) groups is 2. The van der Waals surface area contributed by atoms with Crippen molar-refractivity contribution in [3.05, 3.63) is 124 Å². The summed E-state index contributed by atoms with van der Waals surface area (Å²) in [4.78, 5) is 29.5. The van der Waals surface area contributed by atoms with E-state index in [0.717, 1.165) is 19.0 Å². The van der Waals surface area contributed by atoms with Gasteiger partial charge in [0.25, 0.3) is 10.0 Å². The van der Waals surface area contributed by atoms with Crippen LogP contribution in [0.5, 0.6) is 5.75 Å². The number of methoxy groups -OCH3 is 1. The summed E-state index contributed by atoms with van der Waals surface area (Å²) in [6.45, 7) is 1.75. The lowest BCUT2D eigenvalue weighted by molar-refractivity contribution is -0.140. The first-order valence-electron chi connectivity index (χ1n) is 13.8. The van der Waals surface area contributed by atoms with Gasteiger partial charge in [0.1, 0.15) is 18.3 Å². The summed E-state index contributed by atoms with van der Waals surface area (Å²) in [6.07, 6.45) is 0.247. The summed E-state index contributed by atoms with van der Waals surface area (Å²) in [5.41, 5.74) is 1.95. The summed E-state index contributed by atoms with van der Waals surface area (Å²) < 4.78 is 35.4. The Labute approximate surface area is 266 Å². The van der Waals surface area contributed by atoms with Crippen LogP contribution < -0.4 is 14.4 Å². The zero-order valence-electron chi connectivity index (χ0n) is 24.0. The quantitative estimate of drug-likeness (QED) is 0.191. The Morgan fingerprint density at radius 1 is 0.860 bits per heavy atom. The highest BCUT2D eigenvalue weighted by Crippen LogP contribution is 2.26. The average Bonchev–Trinajstić information content (AvgIpc) is 3.03. The molecule has 4 rings (SSSR count). The molecule has 0 bridgehead atoms. The van der Waals surface area contributed by atoms with Crippen molar-refractivity contribution in [1.29, 1.82) is 0 Å². The number of nitrogens with one attached hydrogen (secondary N) is 1. The van der Waals surface area contributed by atoms with E-state index in [1.165, 1.54) is 17.0 Å². The molecular formula is C33H34IN3O5S. The van der Waals surface area contributed by atoms with Gasteiger partial charge in [0.05, 0.1) is 17.7 Å². The number of amides is 2. The number of rotatable bonds is 13. The highest BCUT2D eigenvalue weighted by atomic mass is 127. The van der Waals surface area contributed by atoms with E-state index < -0.39 is 28.5 Å². The largest absolute Gasteiger partial charge is 0.497 e. The van der Waals surface area contributed by atoms with Crippen LogP contribution in [0.2, 0.25) is 0 Å². The van der Waals surface area contributed by atoms with Crippen molar-refractivity contribution >= 4 is 50.1 Å². The second kappa shape index (κ2) is 15.0. The molecule has 8 nitrogen and oxygen atoms in total. The third-order valence-electron chi connectivity index (χ3n) is 6.83. The minimum absolute atomic E-state index is 0.0604. The predicted octanol–water partition coefficient (Wildman–Crippen LogP) is 5.27.